The van der Waals surface area contributed by atoms with Crippen molar-refractivity contribution in [2.75, 3.05) is 30.7 Å². The Morgan fingerprint density at radius 3 is 2.29 bits per heavy atom. The summed E-state index contributed by atoms with van der Waals surface area (Å²) in [7, 11) is -3.71. The molecule has 1 heterocycles. The lowest BCUT2D eigenvalue weighted by molar-refractivity contribution is -0.136. The molecule has 0 aromatic heterocycles. The van der Waals surface area contributed by atoms with Gasteiger partial charge >= 0.3 is 0 Å². The average molecular weight is 641 g/mol. The first-order valence-electron chi connectivity index (χ1n) is 16.0. The van der Waals surface area contributed by atoms with Crippen molar-refractivity contribution in [2.45, 2.75) is 77.8 Å². The Bertz CT molecular complexity index is 1310. The zero-order valence-corrected chi connectivity index (χ0v) is 27.6. The Labute approximate surface area is 267 Å². The number of hydrogen-bond donors (Lipinski definition) is 4. The summed E-state index contributed by atoms with van der Waals surface area (Å²) in [6.07, 6.45) is 3.48. The number of amides is 4. The topological polar surface area (TPSA) is 145 Å². The molecule has 0 radical (unpaired) electrons. The van der Waals surface area contributed by atoms with Crippen LogP contribution in [0.15, 0.2) is 60.7 Å². The molecule has 4 amide bonds. The number of nitrogens with one attached hydrogen (secondary N) is 3. The molecule has 246 valence electrons. The van der Waals surface area contributed by atoms with Crippen LogP contribution in [0, 0.1) is 11.8 Å². The number of benzene rings is 2. The minimum Gasteiger partial charge on any atom is -0.354 e. The molecule has 10 nitrogen and oxygen atoms in total. The van der Waals surface area contributed by atoms with E-state index in [1.165, 1.54) is 6.92 Å². The van der Waals surface area contributed by atoms with Gasteiger partial charge in [-0.2, -0.15) is 0 Å². The smallest absolute Gasteiger partial charge is 0.246 e. The highest BCUT2D eigenvalue weighted by atomic mass is 31.2. The fraction of sp³-hybridized carbons (Fsp3) is 0.529. The SMILES string of the molecule is CC(=O)N1CCC[C@@H]1C(=O)NCCCCP(=O)(O)C[C@@H](CCc1ccccc1)C(=O)N[C@@H](CC(C)C)C(=O)Nc1ccccc1. The highest BCUT2D eigenvalue weighted by molar-refractivity contribution is 7.58. The van der Waals surface area contributed by atoms with Gasteiger partial charge in [-0.05, 0) is 68.6 Å². The van der Waals surface area contributed by atoms with E-state index in [9.17, 15) is 28.6 Å². The third-order valence-corrected chi connectivity index (χ3v) is 10.1. The van der Waals surface area contributed by atoms with Crippen molar-refractivity contribution in [3.05, 3.63) is 66.2 Å². The van der Waals surface area contributed by atoms with Crippen LogP contribution in [0.25, 0.3) is 0 Å². The fourth-order valence-electron chi connectivity index (χ4n) is 5.70. The van der Waals surface area contributed by atoms with Crippen LogP contribution in [-0.4, -0.2) is 70.9 Å². The lowest BCUT2D eigenvalue weighted by Gasteiger charge is -2.25. The van der Waals surface area contributed by atoms with Gasteiger partial charge in [-0.1, -0.05) is 62.4 Å². The van der Waals surface area contributed by atoms with Crippen molar-refractivity contribution < 1.29 is 28.6 Å². The summed E-state index contributed by atoms with van der Waals surface area (Å²) in [5, 5.41) is 8.61. The van der Waals surface area contributed by atoms with Crippen LogP contribution in [0.4, 0.5) is 5.69 Å². The van der Waals surface area contributed by atoms with Gasteiger partial charge in [0.15, 0.2) is 0 Å². The standard InChI is InChI=1S/C34H49N4O6P/c1-25(2)23-30(33(41)36-29-15-8-5-9-16-29)37-32(40)28(19-18-27-13-6-4-7-14-27)24-45(43,44)22-11-10-20-35-34(42)31-17-12-21-38(31)26(3)39/h4-9,13-16,25,28,30-31H,10-12,17-24H2,1-3H3,(H,35,42)(H,36,41)(H,37,40)(H,43,44)/t28-,30+,31-/m1/s1. The van der Waals surface area contributed by atoms with Crippen LogP contribution in [0.3, 0.4) is 0 Å². The minimum absolute atomic E-state index is 0.0188. The van der Waals surface area contributed by atoms with Gasteiger partial charge in [-0.15, -0.1) is 0 Å². The average Bonchev–Trinajstić information content (AvgIpc) is 3.50. The number of anilines is 1. The second-order valence-corrected chi connectivity index (χ2v) is 14.9. The Morgan fingerprint density at radius 1 is 0.978 bits per heavy atom. The highest BCUT2D eigenvalue weighted by Crippen LogP contribution is 2.44. The Balaban J connectivity index is 1.59. The van der Waals surface area contributed by atoms with Crippen LogP contribution in [0.5, 0.6) is 0 Å². The van der Waals surface area contributed by atoms with Gasteiger partial charge < -0.3 is 25.7 Å². The molecule has 0 spiro atoms. The molecule has 1 fully saturated rings. The molecule has 4 atom stereocenters. The number of aryl methyl sites for hydroxylation is 1. The number of para-hydroxylation sites is 1. The molecule has 0 aliphatic carbocycles. The molecule has 4 N–H and O–H groups in total. The molecule has 2 aromatic rings. The van der Waals surface area contributed by atoms with Crippen molar-refractivity contribution in [1.82, 2.24) is 15.5 Å². The molecule has 0 bridgehead atoms. The summed E-state index contributed by atoms with van der Waals surface area (Å²) in [5.74, 6) is -1.69. The van der Waals surface area contributed by atoms with E-state index in [-0.39, 0.29) is 36.0 Å². The van der Waals surface area contributed by atoms with Gasteiger partial charge in [0.05, 0.1) is 0 Å². The van der Waals surface area contributed by atoms with Gasteiger partial charge in [0.2, 0.25) is 31.0 Å². The zero-order valence-electron chi connectivity index (χ0n) is 26.7. The number of carbonyl (C=O) groups excluding carboxylic acids is 4. The van der Waals surface area contributed by atoms with E-state index >= 15 is 0 Å². The second kappa shape index (κ2) is 17.9. The summed E-state index contributed by atoms with van der Waals surface area (Å²) < 4.78 is 13.4. The predicted molar refractivity (Wildman–Crippen MR) is 177 cm³/mol. The second-order valence-electron chi connectivity index (χ2n) is 12.4. The van der Waals surface area contributed by atoms with E-state index < -0.39 is 31.3 Å². The maximum absolute atomic E-state index is 13.6. The third-order valence-electron chi connectivity index (χ3n) is 8.08. The van der Waals surface area contributed by atoms with Gasteiger partial charge in [0.25, 0.3) is 0 Å². The van der Waals surface area contributed by atoms with Crippen LogP contribution >= 0.6 is 7.37 Å². The maximum Gasteiger partial charge on any atom is 0.246 e. The Hall–Kier alpha value is -3.49. The zero-order chi connectivity index (χ0) is 32.8. The van der Waals surface area contributed by atoms with Gasteiger partial charge in [-0.3, -0.25) is 23.7 Å². The van der Waals surface area contributed by atoms with E-state index in [0.717, 1.165) is 12.0 Å². The van der Waals surface area contributed by atoms with Gasteiger partial charge in [0.1, 0.15) is 12.1 Å². The Morgan fingerprint density at radius 2 is 1.64 bits per heavy atom. The first kappa shape index (κ1) is 36.0. The van der Waals surface area contributed by atoms with Crippen molar-refractivity contribution >= 4 is 36.7 Å². The van der Waals surface area contributed by atoms with Crippen molar-refractivity contribution in [2.24, 2.45) is 11.8 Å². The van der Waals surface area contributed by atoms with Crippen LogP contribution in [0.2, 0.25) is 0 Å². The molecule has 1 aliphatic heterocycles. The van der Waals surface area contributed by atoms with Crippen LogP contribution in [0.1, 0.15) is 64.9 Å². The summed E-state index contributed by atoms with van der Waals surface area (Å²) >= 11 is 0. The van der Waals surface area contributed by atoms with Crippen LogP contribution < -0.4 is 16.0 Å². The molecule has 45 heavy (non-hydrogen) atoms. The highest BCUT2D eigenvalue weighted by Gasteiger charge is 2.33. The largest absolute Gasteiger partial charge is 0.354 e. The van der Waals surface area contributed by atoms with E-state index in [1.807, 2.05) is 62.4 Å². The number of likely N-dealkylation sites (tertiary alicyclic amines) is 1. The fourth-order valence-corrected chi connectivity index (χ4v) is 7.64. The molecule has 11 heteroatoms. The molecule has 1 aliphatic rings. The first-order chi connectivity index (χ1) is 21.4. The number of carbonyl (C=O) groups is 4. The molecule has 3 rings (SSSR count). The van der Waals surface area contributed by atoms with E-state index in [4.69, 9.17) is 0 Å². The monoisotopic (exact) mass is 640 g/mol. The lowest BCUT2D eigenvalue weighted by Crippen LogP contribution is -2.47. The molecule has 1 saturated heterocycles. The number of nitrogens with zero attached hydrogens (tertiary/aromatic N) is 1. The normalized spacial score (nSPS) is 17.3. The lowest BCUT2D eigenvalue weighted by atomic mass is 9.98. The molecule has 2 aromatic carbocycles. The molecule has 0 saturated carbocycles. The molecule has 1 unspecified atom stereocenters. The molecular formula is C34H49N4O6P. The molecular weight excluding hydrogens is 591 g/mol. The van der Waals surface area contributed by atoms with Gasteiger partial charge in [0, 0.05) is 43.9 Å². The van der Waals surface area contributed by atoms with E-state index in [0.29, 0.717) is 57.3 Å². The van der Waals surface area contributed by atoms with Crippen molar-refractivity contribution in [3.8, 4) is 0 Å². The van der Waals surface area contributed by atoms with E-state index in [2.05, 4.69) is 16.0 Å². The summed E-state index contributed by atoms with van der Waals surface area (Å²) in [4.78, 5) is 63.7. The summed E-state index contributed by atoms with van der Waals surface area (Å²) in [5.41, 5.74) is 1.64. The number of hydrogen-bond acceptors (Lipinski definition) is 5. The number of rotatable bonds is 17. The van der Waals surface area contributed by atoms with Gasteiger partial charge in [-0.25, -0.2) is 0 Å². The van der Waals surface area contributed by atoms with Crippen LogP contribution in [-0.2, 0) is 30.2 Å². The van der Waals surface area contributed by atoms with Crippen molar-refractivity contribution in [1.29, 1.82) is 0 Å². The third kappa shape index (κ3) is 12.4. The minimum atomic E-state index is -3.71. The van der Waals surface area contributed by atoms with Crippen molar-refractivity contribution in [3.63, 3.8) is 0 Å². The predicted octanol–water partition coefficient (Wildman–Crippen LogP) is 4.58. The summed E-state index contributed by atoms with van der Waals surface area (Å²) in [6, 6.07) is 17.4. The summed E-state index contributed by atoms with van der Waals surface area (Å²) in [6.45, 7) is 6.32. The Kier molecular flexibility index (Phi) is 14.3. The first-order valence-corrected chi connectivity index (χ1v) is 18.0. The van der Waals surface area contributed by atoms with E-state index in [1.54, 1.807) is 17.0 Å². The quantitative estimate of drug-likeness (QED) is 0.147. The number of unbranched alkanes of at least 4 members (excludes halogenated alkanes) is 1. The maximum atomic E-state index is 13.6.